The number of amides is 1. The van der Waals surface area contributed by atoms with Crippen molar-refractivity contribution >= 4 is 68.1 Å². The lowest BCUT2D eigenvalue weighted by Crippen LogP contribution is -2.24. The average molecular weight is 700 g/mol. The summed E-state index contributed by atoms with van der Waals surface area (Å²) >= 11 is 5.38. The summed E-state index contributed by atoms with van der Waals surface area (Å²) in [5.74, 6) is -1.68. The highest BCUT2D eigenvalue weighted by Gasteiger charge is 2.27. The normalized spacial score (nSPS) is 12.2. The molecule has 0 heterocycles. The highest BCUT2D eigenvalue weighted by Crippen LogP contribution is 2.28. The lowest BCUT2D eigenvalue weighted by molar-refractivity contribution is 0.100. The SMILES string of the molecule is CCCS(=O)(=O)c1cc(C)c(C(=O)Cl)cc1S(C)(=O)=O.CCCS(=O)(=O)c1cc(C)c(C(=O)N=C(N)N)cc1S(C)(=O)=O. The van der Waals surface area contributed by atoms with Gasteiger partial charge in [0.05, 0.1) is 31.1 Å². The van der Waals surface area contributed by atoms with Crippen LogP contribution in [0.25, 0.3) is 0 Å². The van der Waals surface area contributed by atoms with Gasteiger partial charge in [-0.05, 0) is 73.7 Å². The lowest BCUT2D eigenvalue weighted by Gasteiger charge is -2.12. The highest BCUT2D eigenvalue weighted by atomic mass is 35.5. The standard InChI is InChI=1S/C13H19N3O5S2.C12H15ClO5S2/c1-4-5-23(20,21)11-6-8(2)9(12(17)16-13(14)15)7-10(11)22(3,18)19;1-4-5-20(17,18)11-6-8(2)9(12(13)14)7-10(11)19(3,15)16/h6-7H,4-5H2,1-3H3,(H4,14,15,16,17);6-7H,4-5H2,1-3H3. The van der Waals surface area contributed by atoms with E-state index >= 15 is 0 Å². The fraction of sp³-hybridized carbons (Fsp3) is 0.400. The zero-order chi connectivity index (χ0) is 33.7. The number of hydrogen-bond acceptors (Lipinski definition) is 10. The fourth-order valence-corrected chi connectivity index (χ4v) is 10.1. The monoisotopic (exact) mass is 699 g/mol. The molecule has 4 N–H and O–H groups in total. The number of carbonyl (C=O) groups is 2. The molecule has 0 spiro atoms. The number of nitrogens with two attached hydrogens (primary N) is 2. The van der Waals surface area contributed by atoms with E-state index in [9.17, 15) is 43.3 Å². The molecule has 0 radical (unpaired) electrons. The second-order valence-electron chi connectivity index (χ2n) is 9.53. The van der Waals surface area contributed by atoms with Crippen molar-refractivity contribution in [3.63, 3.8) is 0 Å². The lowest BCUT2D eigenvalue weighted by atomic mass is 10.1. The Kier molecular flexibility index (Phi) is 12.7. The van der Waals surface area contributed by atoms with Gasteiger partial charge in [0.1, 0.15) is 0 Å². The Labute approximate surface area is 257 Å². The first-order chi connectivity index (χ1) is 19.4. The van der Waals surface area contributed by atoms with E-state index in [0.717, 1.165) is 30.7 Å². The molecule has 0 aliphatic rings. The average Bonchev–Trinajstić information content (AvgIpc) is 2.81. The number of aliphatic imine (C=N–C) groups is 1. The van der Waals surface area contributed by atoms with Gasteiger partial charge in [0, 0.05) is 23.6 Å². The number of benzene rings is 2. The summed E-state index contributed by atoms with van der Waals surface area (Å²) in [6, 6.07) is 4.39. The Morgan fingerprint density at radius 3 is 1.33 bits per heavy atom. The predicted octanol–water partition coefficient (Wildman–Crippen LogP) is 1.96. The van der Waals surface area contributed by atoms with Crippen LogP contribution in [0.15, 0.2) is 48.8 Å². The maximum absolute atomic E-state index is 12.3. The summed E-state index contributed by atoms with van der Waals surface area (Å²) in [5, 5.41) is -0.827. The van der Waals surface area contributed by atoms with Gasteiger partial charge >= 0.3 is 0 Å². The summed E-state index contributed by atoms with van der Waals surface area (Å²) in [4.78, 5) is 25.1. The van der Waals surface area contributed by atoms with Gasteiger partial charge in [-0.2, -0.15) is 4.99 Å². The molecule has 2 aromatic rings. The third kappa shape index (κ3) is 10.1. The number of aryl methyl sites for hydroxylation is 2. The number of rotatable bonds is 10. The molecule has 13 nitrogen and oxygen atoms in total. The Bertz CT molecular complexity index is 1900. The number of nitrogens with zero attached hydrogens (tertiary/aromatic N) is 1. The number of halogens is 1. The largest absolute Gasteiger partial charge is 0.370 e. The minimum absolute atomic E-state index is 0.0115. The van der Waals surface area contributed by atoms with Crippen LogP contribution in [0.1, 0.15) is 58.5 Å². The van der Waals surface area contributed by atoms with Gasteiger partial charge < -0.3 is 11.5 Å². The van der Waals surface area contributed by atoms with Crippen LogP contribution in [0.3, 0.4) is 0 Å². The van der Waals surface area contributed by atoms with Crippen molar-refractivity contribution in [2.75, 3.05) is 24.0 Å². The number of guanidine groups is 1. The number of hydrogen-bond donors (Lipinski definition) is 2. The topological polar surface area (TPSA) is 235 Å². The molecule has 0 unspecified atom stereocenters. The van der Waals surface area contributed by atoms with Crippen molar-refractivity contribution in [3.05, 3.63) is 46.5 Å². The fourth-order valence-electron chi connectivity index (χ4n) is 3.77. The maximum atomic E-state index is 12.3. The van der Waals surface area contributed by atoms with Crippen LogP contribution in [0, 0.1) is 13.8 Å². The molecule has 240 valence electrons. The zero-order valence-electron chi connectivity index (χ0n) is 24.3. The molecule has 0 atom stereocenters. The van der Waals surface area contributed by atoms with E-state index in [1.165, 1.54) is 19.9 Å². The quantitative estimate of drug-likeness (QED) is 0.206. The molecule has 0 aliphatic heterocycles. The predicted molar refractivity (Wildman–Crippen MR) is 164 cm³/mol. The highest BCUT2D eigenvalue weighted by molar-refractivity contribution is 7.94. The van der Waals surface area contributed by atoms with Crippen molar-refractivity contribution in [1.82, 2.24) is 0 Å². The van der Waals surface area contributed by atoms with Gasteiger partial charge in [0.15, 0.2) is 45.3 Å². The summed E-state index contributed by atoms with van der Waals surface area (Å²) < 4.78 is 96.3. The maximum Gasteiger partial charge on any atom is 0.280 e. The van der Waals surface area contributed by atoms with Gasteiger partial charge in [-0.1, -0.05) is 13.8 Å². The van der Waals surface area contributed by atoms with E-state index < -0.39 is 61.4 Å². The van der Waals surface area contributed by atoms with E-state index in [0.29, 0.717) is 18.4 Å². The Morgan fingerprint density at radius 1 is 0.674 bits per heavy atom. The molecular weight excluding hydrogens is 666 g/mol. The minimum Gasteiger partial charge on any atom is -0.370 e. The van der Waals surface area contributed by atoms with Crippen molar-refractivity contribution in [1.29, 1.82) is 0 Å². The van der Waals surface area contributed by atoms with Crippen molar-refractivity contribution < 1.29 is 43.3 Å². The molecule has 43 heavy (non-hydrogen) atoms. The van der Waals surface area contributed by atoms with E-state index in [2.05, 4.69) is 4.99 Å². The van der Waals surface area contributed by atoms with E-state index in [1.54, 1.807) is 13.8 Å². The van der Waals surface area contributed by atoms with Crippen LogP contribution in [-0.4, -0.2) is 74.8 Å². The zero-order valence-corrected chi connectivity index (χ0v) is 28.4. The minimum atomic E-state index is -3.88. The molecule has 0 fully saturated rings. The van der Waals surface area contributed by atoms with E-state index in [-0.39, 0.29) is 42.9 Å². The second kappa shape index (κ2) is 14.3. The molecule has 0 aromatic heterocycles. The van der Waals surface area contributed by atoms with Crippen molar-refractivity contribution in [2.45, 2.75) is 60.1 Å². The summed E-state index contributed by atoms with van der Waals surface area (Å²) in [7, 11) is -15.2. The van der Waals surface area contributed by atoms with Gasteiger partial charge in [0.25, 0.3) is 11.1 Å². The first-order valence-electron chi connectivity index (χ1n) is 12.4. The molecule has 2 rings (SSSR count). The van der Waals surface area contributed by atoms with Crippen molar-refractivity contribution in [3.8, 4) is 0 Å². The van der Waals surface area contributed by atoms with Crippen LogP contribution >= 0.6 is 11.6 Å². The number of sulfone groups is 4. The smallest absolute Gasteiger partial charge is 0.280 e. The Balaban J connectivity index is 0.000000434. The third-order valence-electron chi connectivity index (χ3n) is 5.67. The number of carbonyl (C=O) groups excluding carboxylic acids is 2. The first kappa shape index (κ1) is 38.2. The van der Waals surface area contributed by atoms with E-state index in [1.807, 2.05) is 0 Å². The van der Waals surface area contributed by atoms with Gasteiger partial charge in [-0.3, -0.25) is 9.59 Å². The van der Waals surface area contributed by atoms with Crippen LogP contribution in [-0.2, 0) is 39.3 Å². The van der Waals surface area contributed by atoms with Crippen molar-refractivity contribution in [2.24, 2.45) is 16.5 Å². The van der Waals surface area contributed by atoms with Gasteiger partial charge in [-0.25, -0.2) is 33.7 Å². The second-order valence-corrected chi connectivity index (χ2v) is 18.0. The van der Waals surface area contributed by atoms with Crippen LogP contribution in [0.4, 0.5) is 0 Å². The Hall–Kier alpha value is -2.86. The van der Waals surface area contributed by atoms with Crippen LogP contribution in [0.5, 0.6) is 0 Å². The van der Waals surface area contributed by atoms with Gasteiger partial charge in [0.2, 0.25) is 0 Å². The molecule has 0 bridgehead atoms. The van der Waals surface area contributed by atoms with Gasteiger partial charge in [-0.15, -0.1) is 0 Å². The molecule has 1 amide bonds. The van der Waals surface area contributed by atoms with Crippen LogP contribution in [0.2, 0.25) is 0 Å². The summed E-state index contributed by atoms with van der Waals surface area (Å²) in [5.41, 5.74) is 10.8. The Morgan fingerprint density at radius 2 is 1.02 bits per heavy atom. The molecule has 0 saturated heterocycles. The molecule has 18 heteroatoms. The summed E-state index contributed by atoms with van der Waals surface area (Å²) in [6.07, 6.45) is 2.46. The molecule has 2 aromatic carbocycles. The molecular formula is C25H34ClN3O10S4. The third-order valence-corrected chi connectivity index (χ3v) is 12.3. The van der Waals surface area contributed by atoms with E-state index in [4.69, 9.17) is 23.1 Å². The summed E-state index contributed by atoms with van der Waals surface area (Å²) in [6.45, 7) is 6.33. The first-order valence-corrected chi connectivity index (χ1v) is 19.9. The molecule has 0 aliphatic carbocycles. The molecule has 0 saturated carbocycles. The van der Waals surface area contributed by atoms with Crippen LogP contribution < -0.4 is 11.5 Å².